The highest BCUT2D eigenvalue weighted by Crippen LogP contribution is 2.36. The normalized spacial score (nSPS) is 20.5. The van der Waals surface area contributed by atoms with Gasteiger partial charge in [0.05, 0.1) is 15.8 Å². The van der Waals surface area contributed by atoms with Crippen LogP contribution in [0.2, 0.25) is 0 Å². The van der Waals surface area contributed by atoms with E-state index in [0.717, 1.165) is 11.1 Å². The van der Waals surface area contributed by atoms with Crippen LogP contribution in [0.15, 0.2) is 70.1 Å². The first kappa shape index (κ1) is 21.1. The molecule has 0 amide bonds. The van der Waals surface area contributed by atoms with Crippen LogP contribution in [0, 0.1) is 13.8 Å². The number of sulfonamides is 2. The van der Waals surface area contributed by atoms with E-state index in [9.17, 15) is 16.8 Å². The first-order chi connectivity index (χ1) is 14.2. The van der Waals surface area contributed by atoms with Crippen molar-refractivity contribution in [1.82, 2.24) is 8.61 Å². The third kappa shape index (κ3) is 3.68. The molecule has 2 aromatic rings. The highest BCUT2D eigenvalue weighted by atomic mass is 32.2. The van der Waals surface area contributed by atoms with E-state index in [0.29, 0.717) is 38.0 Å². The third-order valence-electron chi connectivity index (χ3n) is 5.76. The number of aryl methyl sites for hydroxylation is 2. The monoisotopic (exact) mass is 446 g/mol. The fourth-order valence-corrected chi connectivity index (χ4v) is 7.35. The van der Waals surface area contributed by atoms with Gasteiger partial charge in [0.15, 0.2) is 0 Å². The van der Waals surface area contributed by atoms with Crippen molar-refractivity contribution < 1.29 is 16.8 Å². The number of piperidine rings is 1. The van der Waals surface area contributed by atoms with Gasteiger partial charge in [0.2, 0.25) is 10.0 Å². The van der Waals surface area contributed by atoms with Crippen molar-refractivity contribution in [3.8, 4) is 0 Å². The molecule has 30 heavy (non-hydrogen) atoms. The number of rotatable bonds is 4. The summed E-state index contributed by atoms with van der Waals surface area (Å²) in [5.74, 6) is 0. The second kappa shape index (κ2) is 7.83. The molecule has 2 aliphatic heterocycles. The van der Waals surface area contributed by atoms with Crippen molar-refractivity contribution in [1.29, 1.82) is 0 Å². The molecule has 8 heteroatoms. The highest BCUT2D eigenvalue weighted by molar-refractivity contribution is 7.89. The van der Waals surface area contributed by atoms with Gasteiger partial charge < -0.3 is 0 Å². The lowest BCUT2D eigenvalue weighted by atomic mass is 10.00. The van der Waals surface area contributed by atoms with Crippen LogP contribution in [0.25, 0.3) is 0 Å². The third-order valence-corrected chi connectivity index (χ3v) is 9.52. The Morgan fingerprint density at radius 2 is 1.30 bits per heavy atom. The lowest BCUT2D eigenvalue weighted by molar-refractivity contribution is 0.246. The Kier molecular flexibility index (Phi) is 5.50. The summed E-state index contributed by atoms with van der Waals surface area (Å²) in [6.07, 6.45) is 3.58. The molecule has 1 atom stereocenters. The number of hydrogen-bond acceptors (Lipinski definition) is 4. The molecule has 160 valence electrons. The summed E-state index contributed by atoms with van der Waals surface area (Å²) in [5, 5.41) is 0. The number of hydrogen-bond donors (Lipinski definition) is 0. The average Bonchev–Trinajstić information content (AvgIpc) is 2.73. The molecule has 1 unspecified atom stereocenters. The van der Waals surface area contributed by atoms with Crippen LogP contribution in [0.3, 0.4) is 0 Å². The second-order valence-electron chi connectivity index (χ2n) is 7.89. The smallest absolute Gasteiger partial charge is 0.264 e. The van der Waals surface area contributed by atoms with E-state index >= 15 is 0 Å². The molecule has 4 rings (SSSR count). The molecule has 0 aromatic heterocycles. The first-order valence-corrected chi connectivity index (χ1v) is 13.0. The predicted octanol–water partition coefficient (Wildman–Crippen LogP) is 3.44. The maximum atomic E-state index is 13.3. The molecule has 1 fully saturated rings. The van der Waals surface area contributed by atoms with Crippen LogP contribution in [-0.4, -0.2) is 44.6 Å². The van der Waals surface area contributed by atoms with Crippen molar-refractivity contribution in [2.24, 2.45) is 0 Å². The van der Waals surface area contributed by atoms with E-state index in [1.165, 1.54) is 8.61 Å². The summed E-state index contributed by atoms with van der Waals surface area (Å²) in [5.41, 5.74) is 2.54. The van der Waals surface area contributed by atoms with Crippen LogP contribution in [-0.2, 0) is 20.0 Å². The van der Waals surface area contributed by atoms with Gasteiger partial charge in [-0.2, -0.15) is 4.31 Å². The minimum Gasteiger partial charge on any atom is -0.269 e. The fraction of sp³-hybridized carbons (Fsp3) is 0.364. The van der Waals surface area contributed by atoms with E-state index in [1.54, 1.807) is 48.5 Å². The van der Waals surface area contributed by atoms with Crippen LogP contribution in [0.1, 0.15) is 30.4 Å². The highest BCUT2D eigenvalue weighted by Gasteiger charge is 2.42. The van der Waals surface area contributed by atoms with Gasteiger partial charge in [-0.15, -0.1) is 0 Å². The van der Waals surface area contributed by atoms with E-state index < -0.39 is 26.1 Å². The molecule has 0 saturated carbocycles. The van der Waals surface area contributed by atoms with Crippen molar-refractivity contribution >= 4 is 20.0 Å². The zero-order valence-electron chi connectivity index (χ0n) is 17.2. The number of fused-ring (bicyclic) bond motifs is 1. The van der Waals surface area contributed by atoms with Crippen molar-refractivity contribution in [2.45, 2.75) is 48.9 Å². The van der Waals surface area contributed by atoms with Crippen molar-refractivity contribution in [3.63, 3.8) is 0 Å². The minimum absolute atomic E-state index is 0.230. The standard InChI is InChI=1S/C22H26N2O4S2/c1-17-7-11-19(12-8-17)29(25,26)23-15-3-6-22-21(23)5-4-16-24(22)30(27,28)20-13-9-18(2)10-14-20/h5,7-14,22H,3-4,6,15-16H2,1-2H3. The Morgan fingerprint density at radius 1 is 0.767 bits per heavy atom. The quantitative estimate of drug-likeness (QED) is 0.721. The Bertz CT molecular complexity index is 1170. The van der Waals surface area contributed by atoms with Crippen molar-refractivity contribution in [3.05, 3.63) is 71.4 Å². The maximum absolute atomic E-state index is 13.3. The van der Waals surface area contributed by atoms with Gasteiger partial charge in [0.1, 0.15) is 0 Å². The fourth-order valence-electron chi connectivity index (χ4n) is 4.13. The topological polar surface area (TPSA) is 74.8 Å². The molecule has 0 radical (unpaired) electrons. The van der Waals surface area contributed by atoms with E-state index in [4.69, 9.17) is 0 Å². The molecular formula is C22H26N2O4S2. The molecule has 1 saturated heterocycles. The largest absolute Gasteiger partial charge is 0.269 e. The summed E-state index contributed by atoms with van der Waals surface area (Å²) < 4.78 is 56.2. The Balaban J connectivity index is 1.69. The summed E-state index contributed by atoms with van der Waals surface area (Å²) in [6, 6.07) is 13.1. The molecule has 0 N–H and O–H groups in total. The molecule has 2 heterocycles. The summed E-state index contributed by atoms with van der Waals surface area (Å²) >= 11 is 0. The zero-order chi connectivity index (χ0) is 21.5. The summed E-state index contributed by atoms with van der Waals surface area (Å²) in [6.45, 7) is 4.53. The van der Waals surface area contributed by atoms with Gasteiger partial charge in [0, 0.05) is 18.8 Å². The van der Waals surface area contributed by atoms with Crippen LogP contribution < -0.4 is 0 Å². The van der Waals surface area contributed by atoms with Crippen LogP contribution in [0.4, 0.5) is 0 Å². The zero-order valence-corrected chi connectivity index (χ0v) is 18.8. The van der Waals surface area contributed by atoms with Crippen LogP contribution in [0.5, 0.6) is 0 Å². The minimum atomic E-state index is -3.74. The van der Waals surface area contributed by atoms with Gasteiger partial charge in [0.25, 0.3) is 10.0 Å². The lowest BCUT2D eigenvalue weighted by Crippen LogP contribution is -2.52. The molecule has 6 nitrogen and oxygen atoms in total. The molecule has 2 aromatic carbocycles. The number of nitrogens with zero attached hydrogens (tertiary/aromatic N) is 2. The average molecular weight is 447 g/mol. The first-order valence-electron chi connectivity index (χ1n) is 10.1. The van der Waals surface area contributed by atoms with E-state index in [-0.39, 0.29) is 9.79 Å². The Morgan fingerprint density at radius 3 is 1.87 bits per heavy atom. The molecule has 0 aliphatic carbocycles. The van der Waals surface area contributed by atoms with E-state index in [2.05, 4.69) is 0 Å². The molecular weight excluding hydrogens is 420 g/mol. The SMILES string of the molecule is Cc1ccc(S(=O)(=O)N2CCCC3C2=CCCN3S(=O)(=O)c2ccc(C)cc2)cc1. The second-order valence-corrected chi connectivity index (χ2v) is 11.6. The predicted molar refractivity (Wildman–Crippen MR) is 116 cm³/mol. The van der Waals surface area contributed by atoms with Gasteiger partial charge >= 0.3 is 0 Å². The van der Waals surface area contributed by atoms with Crippen LogP contribution >= 0.6 is 0 Å². The number of benzene rings is 2. The van der Waals surface area contributed by atoms with Gasteiger partial charge in [-0.05, 0) is 57.4 Å². The molecule has 0 bridgehead atoms. The Hall–Kier alpha value is -2.16. The van der Waals surface area contributed by atoms with Crippen molar-refractivity contribution in [2.75, 3.05) is 13.1 Å². The van der Waals surface area contributed by atoms with E-state index in [1.807, 2.05) is 19.9 Å². The maximum Gasteiger partial charge on any atom is 0.264 e. The van der Waals surface area contributed by atoms with Gasteiger partial charge in [-0.25, -0.2) is 16.8 Å². The van der Waals surface area contributed by atoms with Gasteiger partial charge in [-0.1, -0.05) is 41.5 Å². The Labute approximate surface area is 178 Å². The van der Waals surface area contributed by atoms with Gasteiger partial charge in [-0.3, -0.25) is 4.31 Å². The lowest BCUT2D eigenvalue weighted by Gasteiger charge is -2.43. The molecule has 2 aliphatic rings. The molecule has 0 spiro atoms. The summed E-state index contributed by atoms with van der Waals surface area (Å²) in [7, 11) is -7.46. The summed E-state index contributed by atoms with van der Waals surface area (Å²) in [4.78, 5) is 0.473.